The number of hydrogen-bond donors (Lipinski definition) is 1. The zero-order valence-electron chi connectivity index (χ0n) is 25.0. The number of anilines is 1. The number of thiazole rings is 1. The van der Waals surface area contributed by atoms with Crippen LogP contribution in [0.4, 0.5) is 5.13 Å². The molecule has 9 heteroatoms. The van der Waals surface area contributed by atoms with Crippen LogP contribution in [-0.4, -0.2) is 74.2 Å². The third-order valence-electron chi connectivity index (χ3n) is 7.55. The highest BCUT2D eigenvalue weighted by Crippen LogP contribution is 2.31. The average Bonchev–Trinajstić information content (AvgIpc) is 3.50. The van der Waals surface area contributed by atoms with Crippen molar-refractivity contribution in [3.63, 3.8) is 0 Å². The van der Waals surface area contributed by atoms with Crippen LogP contribution in [0.5, 0.6) is 17.2 Å². The van der Waals surface area contributed by atoms with Gasteiger partial charge in [0.1, 0.15) is 5.75 Å². The van der Waals surface area contributed by atoms with E-state index in [0.717, 1.165) is 73.9 Å². The fourth-order valence-electron chi connectivity index (χ4n) is 5.16. The molecule has 1 saturated heterocycles. The number of carbonyl (C=O) groups excluding carboxylic acids is 1. The Morgan fingerprint density at radius 1 is 0.860 bits per heavy atom. The zero-order chi connectivity index (χ0) is 29.9. The van der Waals surface area contributed by atoms with Crippen LogP contribution in [0.25, 0.3) is 10.4 Å². The maximum absolute atomic E-state index is 12.6. The van der Waals surface area contributed by atoms with Crippen LogP contribution in [0.3, 0.4) is 0 Å². The van der Waals surface area contributed by atoms with Crippen LogP contribution in [0.2, 0.25) is 0 Å². The Kier molecular flexibility index (Phi) is 11.0. The summed E-state index contributed by atoms with van der Waals surface area (Å²) in [6.45, 7) is 7.41. The van der Waals surface area contributed by atoms with Crippen molar-refractivity contribution < 1.29 is 19.0 Å². The lowest BCUT2D eigenvalue weighted by atomic mass is 10.1. The van der Waals surface area contributed by atoms with Gasteiger partial charge in [-0.3, -0.25) is 9.69 Å². The summed E-state index contributed by atoms with van der Waals surface area (Å²) < 4.78 is 16.6. The van der Waals surface area contributed by atoms with Crippen molar-refractivity contribution in [3.05, 3.63) is 90.1 Å². The van der Waals surface area contributed by atoms with E-state index in [1.807, 2.05) is 36.4 Å². The molecule has 1 aliphatic heterocycles. The Morgan fingerprint density at radius 3 is 2.35 bits per heavy atom. The quantitative estimate of drug-likeness (QED) is 0.178. The van der Waals surface area contributed by atoms with Crippen LogP contribution in [0, 0.1) is 0 Å². The van der Waals surface area contributed by atoms with Crippen LogP contribution in [-0.2, 0) is 17.8 Å². The van der Waals surface area contributed by atoms with E-state index < -0.39 is 0 Å². The van der Waals surface area contributed by atoms with Gasteiger partial charge in [-0.2, -0.15) is 0 Å². The summed E-state index contributed by atoms with van der Waals surface area (Å²) in [4.78, 5) is 23.1. The highest BCUT2D eigenvalue weighted by molar-refractivity contribution is 7.19. The number of unbranched alkanes of at least 4 members (excludes halogenated alkanes) is 1. The van der Waals surface area contributed by atoms with E-state index in [1.165, 1.54) is 16.9 Å². The SMILES string of the molecule is COc1ccc(CC(=O)Nc2ncc(-c3ccc(OCCCCN4CCN(Cc5ccccc5)CC4)cc3)s2)cc1OC. The van der Waals surface area contributed by atoms with E-state index in [-0.39, 0.29) is 12.3 Å². The lowest BCUT2D eigenvalue weighted by Crippen LogP contribution is -2.46. The van der Waals surface area contributed by atoms with Crippen molar-refractivity contribution in [1.82, 2.24) is 14.8 Å². The number of nitrogens with one attached hydrogen (secondary N) is 1. The Morgan fingerprint density at radius 2 is 1.60 bits per heavy atom. The minimum atomic E-state index is -0.137. The molecule has 1 aliphatic rings. The Hall–Kier alpha value is -3.92. The molecule has 226 valence electrons. The summed E-state index contributed by atoms with van der Waals surface area (Å²) in [6.07, 6.45) is 4.17. The molecule has 1 amide bonds. The summed E-state index contributed by atoms with van der Waals surface area (Å²) in [5.41, 5.74) is 3.27. The molecule has 0 atom stereocenters. The lowest BCUT2D eigenvalue weighted by Gasteiger charge is -2.34. The molecule has 0 aliphatic carbocycles. The topological polar surface area (TPSA) is 76.2 Å². The molecule has 2 heterocycles. The van der Waals surface area contributed by atoms with E-state index in [9.17, 15) is 4.79 Å². The van der Waals surface area contributed by atoms with Gasteiger partial charge in [0.25, 0.3) is 0 Å². The van der Waals surface area contributed by atoms with Crippen LogP contribution in [0.1, 0.15) is 24.0 Å². The first kappa shape index (κ1) is 30.5. The van der Waals surface area contributed by atoms with Gasteiger partial charge in [0.2, 0.25) is 5.91 Å². The van der Waals surface area contributed by atoms with Crippen LogP contribution < -0.4 is 19.5 Å². The second-order valence-electron chi connectivity index (χ2n) is 10.6. The molecule has 4 aromatic rings. The van der Waals surface area contributed by atoms with E-state index >= 15 is 0 Å². The first-order chi connectivity index (χ1) is 21.1. The first-order valence-corrected chi connectivity index (χ1v) is 15.6. The molecule has 8 nitrogen and oxygen atoms in total. The fraction of sp³-hybridized carbons (Fsp3) is 0.353. The van der Waals surface area contributed by atoms with E-state index in [2.05, 4.69) is 50.4 Å². The van der Waals surface area contributed by atoms with Gasteiger partial charge < -0.3 is 24.4 Å². The van der Waals surface area contributed by atoms with Crippen molar-refractivity contribution >= 4 is 22.4 Å². The monoisotopic (exact) mass is 600 g/mol. The number of piperazine rings is 1. The largest absolute Gasteiger partial charge is 0.494 e. The van der Waals surface area contributed by atoms with Crippen molar-refractivity contribution in [3.8, 4) is 27.7 Å². The number of methoxy groups -OCH3 is 2. The molecule has 1 aromatic heterocycles. The predicted molar refractivity (Wildman–Crippen MR) is 172 cm³/mol. The van der Waals surface area contributed by atoms with Gasteiger partial charge >= 0.3 is 0 Å². The highest BCUT2D eigenvalue weighted by Gasteiger charge is 2.16. The number of amides is 1. The molecule has 1 N–H and O–H groups in total. The number of rotatable bonds is 14. The lowest BCUT2D eigenvalue weighted by molar-refractivity contribution is -0.115. The van der Waals surface area contributed by atoms with Gasteiger partial charge in [0, 0.05) is 38.9 Å². The van der Waals surface area contributed by atoms with Gasteiger partial charge in [-0.05, 0) is 72.5 Å². The third kappa shape index (κ3) is 9.03. The molecule has 0 unspecified atom stereocenters. The highest BCUT2D eigenvalue weighted by atomic mass is 32.1. The predicted octanol–water partition coefficient (Wildman–Crippen LogP) is 5.99. The van der Waals surface area contributed by atoms with Gasteiger partial charge in [-0.25, -0.2) is 4.98 Å². The standard InChI is InChI=1S/C34H40N4O4S/c1-40-30-15-10-27(22-31(30)41-2)23-33(39)36-34-35-24-32(43-34)28-11-13-29(14-12-28)42-21-7-6-16-37-17-19-38(20-18-37)25-26-8-4-3-5-9-26/h3-5,8-15,22,24H,6-7,16-21,23,25H2,1-2H3,(H,35,36,39). The number of ether oxygens (including phenoxy) is 3. The molecule has 3 aromatic carbocycles. The van der Waals surface area contributed by atoms with Gasteiger partial charge in [0.05, 0.1) is 32.1 Å². The molecule has 0 radical (unpaired) electrons. The summed E-state index contributed by atoms with van der Waals surface area (Å²) in [6, 6.07) is 24.3. The molecule has 1 fully saturated rings. The maximum atomic E-state index is 12.6. The summed E-state index contributed by atoms with van der Waals surface area (Å²) in [5.74, 6) is 1.96. The molecular formula is C34H40N4O4S. The molecule has 5 rings (SSSR count). The van der Waals surface area contributed by atoms with Gasteiger partial charge in [0.15, 0.2) is 16.6 Å². The van der Waals surface area contributed by atoms with E-state index in [1.54, 1.807) is 26.5 Å². The minimum absolute atomic E-state index is 0.137. The van der Waals surface area contributed by atoms with Gasteiger partial charge in [-0.15, -0.1) is 0 Å². The smallest absolute Gasteiger partial charge is 0.230 e. The summed E-state index contributed by atoms with van der Waals surface area (Å²) >= 11 is 1.45. The van der Waals surface area contributed by atoms with Crippen molar-refractivity contribution in [2.75, 3.05) is 58.9 Å². The van der Waals surface area contributed by atoms with E-state index in [0.29, 0.717) is 23.2 Å². The Balaban J connectivity index is 0.990. The number of hydrogen-bond acceptors (Lipinski definition) is 8. The van der Waals surface area contributed by atoms with Crippen molar-refractivity contribution in [2.24, 2.45) is 0 Å². The zero-order valence-corrected chi connectivity index (χ0v) is 25.8. The number of carbonyl (C=O) groups is 1. The number of nitrogens with zero attached hydrogens (tertiary/aromatic N) is 3. The first-order valence-electron chi connectivity index (χ1n) is 14.8. The molecule has 0 saturated carbocycles. The van der Waals surface area contributed by atoms with Crippen molar-refractivity contribution in [1.29, 1.82) is 0 Å². The summed E-state index contributed by atoms with van der Waals surface area (Å²) in [7, 11) is 3.17. The van der Waals surface area contributed by atoms with Crippen LogP contribution in [0.15, 0.2) is 79.0 Å². The molecule has 0 bridgehead atoms. The number of aromatic nitrogens is 1. The maximum Gasteiger partial charge on any atom is 0.230 e. The number of benzene rings is 3. The molecule has 0 spiro atoms. The third-order valence-corrected chi connectivity index (χ3v) is 8.52. The normalized spacial score (nSPS) is 13.9. The van der Waals surface area contributed by atoms with Gasteiger partial charge in [-0.1, -0.05) is 47.7 Å². The molecule has 43 heavy (non-hydrogen) atoms. The van der Waals surface area contributed by atoms with Crippen molar-refractivity contribution in [2.45, 2.75) is 25.8 Å². The average molecular weight is 601 g/mol. The minimum Gasteiger partial charge on any atom is -0.494 e. The Bertz CT molecular complexity index is 1440. The second-order valence-corrected chi connectivity index (χ2v) is 11.7. The summed E-state index contributed by atoms with van der Waals surface area (Å²) in [5, 5.41) is 3.47. The Labute approximate surface area is 258 Å². The van der Waals surface area contributed by atoms with E-state index in [4.69, 9.17) is 14.2 Å². The molecular weight excluding hydrogens is 560 g/mol. The van der Waals surface area contributed by atoms with Crippen LogP contribution >= 0.6 is 11.3 Å². The second kappa shape index (κ2) is 15.5. The fourth-order valence-corrected chi connectivity index (χ4v) is 6.00.